The third kappa shape index (κ3) is 4.21. The summed E-state index contributed by atoms with van der Waals surface area (Å²) in [6, 6.07) is 9.99. The maximum Gasteiger partial charge on any atom is 0.307 e. The minimum Gasteiger partial charge on any atom is -0.431 e. The molecule has 0 aliphatic carbocycles. The van der Waals surface area contributed by atoms with Crippen LogP contribution in [-0.4, -0.2) is 5.97 Å². The highest BCUT2D eigenvalue weighted by atomic mass is 32.2. The fourth-order valence-corrected chi connectivity index (χ4v) is 1.86. The van der Waals surface area contributed by atoms with Crippen LogP contribution in [0.25, 0.3) is 0 Å². The summed E-state index contributed by atoms with van der Waals surface area (Å²) in [7, 11) is 0. The van der Waals surface area contributed by atoms with Gasteiger partial charge in [-0.05, 0) is 26.0 Å². The molecule has 0 saturated carbocycles. The molecule has 0 N–H and O–H groups in total. The number of hydrogen-bond donors (Lipinski definition) is 0. The quantitative estimate of drug-likeness (QED) is 0.444. The minimum atomic E-state index is -0.277. The molecule has 0 bridgehead atoms. The molecular weight excluding hydrogens is 208 g/mol. The Bertz CT molecular complexity index is 368. The predicted molar refractivity (Wildman–Crippen MR) is 62.4 cm³/mol. The first-order valence-corrected chi connectivity index (χ1v) is 5.50. The average molecular weight is 222 g/mol. The zero-order chi connectivity index (χ0) is 11.3. The maximum atomic E-state index is 10.7. The summed E-state index contributed by atoms with van der Waals surface area (Å²) in [6.45, 7) is 5.15. The van der Waals surface area contributed by atoms with E-state index in [9.17, 15) is 4.79 Å². The number of carbonyl (C=O) groups excluding carboxylic acids is 1. The summed E-state index contributed by atoms with van der Waals surface area (Å²) >= 11 is 1.60. The Kier molecular flexibility index (Phi) is 4.43. The number of ether oxygens (including phenoxy) is 1. The van der Waals surface area contributed by atoms with Crippen molar-refractivity contribution in [3.05, 3.63) is 41.0 Å². The lowest BCUT2D eigenvalue weighted by molar-refractivity contribution is -0.136. The van der Waals surface area contributed by atoms with E-state index in [0.717, 1.165) is 9.80 Å². The zero-order valence-electron chi connectivity index (χ0n) is 9.11. The van der Waals surface area contributed by atoms with E-state index in [-0.39, 0.29) is 5.97 Å². The van der Waals surface area contributed by atoms with Crippen molar-refractivity contribution in [3.63, 3.8) is 0 Å². The molecule has 0 radical (unpaired) electrons. The second kappa shape index (κ2) is 5.61. The number of esters is 1. The van der Waals surface area contributed by atoms with Gasteiger partial charge in [0.2, 0.25) is 0 Å². The van der Waals surface area contributed by atoms with Crippen LogP contribution in [0.2, 0.25) is 0 Å². The van der Waals surface area contributed by atoms with E-state index in [1.54, 1.807) is 18.7 Å². The van der Waals surface area contributed by atoms with Gasteiger partial charge in [-0.2, -0.15) is 0 Å². The van der Waals surface area contributed by atoms with Crippen molar-refractivity contribution in [1.82, 2.24) is 0 Å². The summed E-state index contributed by atoms with van der Waals surface area (Å²) in [6.07, 6.45) is 0. The molecule has 0 heterocycles. The van der Waals surface area contributed by atoms with Gasteiger partial charge in [-0.3, -0.25) is 4.79 Å². The fraction of sp³-hybridized carbons (Fsp3) is 0.250. The smallest absolute Gasteiger partial charge is 0.307 e. The molecule has 1 rings (SSSR count). The van der Waals surface area contributed by atoms with Gasteiger partial charge >= 0.3 is 5.97 Å². The second-order valence-corrected chi connectivity index (χ2v) is 4.41. The third-order valence-electron chi connectivity index (χ3n) is 1.81. The molecule has 80 valence electrons. The number of carbonyl (C=O) groups is 1. The van der Waals surface area contributed by atoms with Crippen LogP contribution in [0.5, 0.6) is 0 Å². The number of allylic oxidation sites excluding steroid dienone is 2. The van der Waals surface area contributed by atoms with Crippen LogP contribution in [-0.2, 0) is 9.53 Å². The third-order valence-corrected chi connectivity index (χ3v) is 2.91. The maximum absolute atomic E-state index is 10.7. The van der Waals surface area contributed by atoms with Gasteiger partial charge in [0.15, 0.2) is 0 Å². The number of rotatable bonds is 3. The highest BCUT2D eigenvalue weighted by molar-refractivity contribution is 8.03. The number of thioether (sulfide) groups is 1. The summed E-state index contributed by atoms with van der Waals surface area (Å²) in [4.78, 5) is 12.9. The number of benzene rings is 1. The first kappa shape index (κ1) is 11.9. The lowest BCUT2D eigenvalue weighted by atomic mass is 10.4. The highest BCUT2D eigenvalue weighted by Gasteiger charge is 2.02. The molecule has 0 amide bonds. The van der Waals surface area contributed by atoms with Gasteiger partial charge in [0, 0.05) is 16.7 Å². The van der Waals surface area contributed by atoms with Crippen molar-refractivity contribution in [2.45, 2.75) is 25.7 Å². The largest absolute Gasteiger partial charge is 0.431 e. The monoisotopic (exact) mass is 222 g/mol. The van der Waals surface area contributed by atoms with Crippen LogP contribution < -0.4 is 0 Å². The van der Waals surface area contributed by atoms with E-state index in [4.69, 9.17) is 4.74 Å². The summed E-state index contributed by atoms with van der Waals surface area (Å²) in [5.74, 6) is 0.386. The van der Waals surface area contributed by atoms with Gasteiger partial charge in [0.05, 0.1) is 0 Å². The molecule has 0 spiro atoms. The van der Waals surface area contributed by atoms with Crippen molar-refractivity contribution in [2.75, 3.05) is 0 Å². The van der Waals surface area contributed by atoms with E-state index < -0.39 is 0 Å². The predicted octanol–water partition coefficient (Wildman–Crippen LogP) is 3.59. The Morgan fingerprint density at radius 3 is 2.27 bits per heavy atom. The molecule has 2 nitrogen and oxygen atoms in total. The van der Waals surface area contributed by atoms with Crippen LogP contribution in [0.3, 0.4) is 0 Å². The first-order valence-electron chi connectivity index (χ1n) is 4.68. The van der Waals surface area contributed by atoms with Crippen molar-refractivity contribution >= 4 is 17.7 Å². The van der Waals surface area contributed by atoms with Crippen LogP contribution in [0.1, 0.15) is 20.8 Å². The second-order valence-electron chi connectivity index (χ2n) is 3.12. The molecule has 0 atom stereocenters. The van der Waals surface area contributed by atoms with Crippen LogP contribution in [0.15, 0.2) is 45.9 Å². The molecule has 0 aliphatic rings. The van der Waals surface area contributed by atoms with Crippen molar-refractivity contribution < 1.29 is 9.53 Å². The average Bonchev–Trinajstić information content (AvgIpc) is 2.18. The molecule has 3 heteroatoms. The molecule has 0 aliphatic heterocycles. The molecule has 0 unspecified atom stereocenters. The van der Waals surface area contributed by atoms with E-state index in [2.05, 4.69) is 0 Å². The molecule has 0 fully saturated rings. The molecule has 0 aromatic heterocycles. The van der Waals surface area contributed by atoms with Gasteiger partial charge in [-0.1, -0.05) is 30.0 Å². The van der Waals surface area contributed by atoms with Crippen molar-refractivity contribution in [1.29, 1.82) is 0 Å². The van der Waals surface area contributed by atoms with Gasteiger partial charge in [-0.25, -0.2) is 0 Å². The van der Waals surface area contributed by atoms with E-state index >= 15 is 0 Å². The van der Waals surface area contributed by atoms with Crippen molar-refractivity contribution in [2.24, 2.45) is 0 Å². The Hall–Kier alpha value is -1.22. The van der Waals surface area contributed by atoms with E-state index in [0.29, 0.717) is 5.76 Å². The van der Waals surface area contributed by atoms with Crippen LogP contribution in [0.4, 0.5) is 0 Å². The normalized spacial score (nSPS) is 11.9. The lowest BCUT2D eigenvalue weighted by Crippen LogP contribution is -1.97. The molecule has 0 saturated heterocycles. The molecular formula is C12H14O2S. The van der Waals surface area contributed by atoms with Gasteiger partial charge < -0.3 is 4.74 Å². The zero-order valence-corrected chi connectivity index (χ0v) is 9.93. The Balaban J connectivity index is 2.69. The SMILES string of the molecule is CC(=O)O/C(C)=C(\C)Sc1ccccc1. The Labute approximate surface area is 94.3 Å². The van der Waals surface area contributed by atoms with Gasteiger partial charge in [0.1, 0.15) is 5.76 Å². The van der Waals surface area contributed by atoms with Gasteiger partial charge in [-0.15, -0.1) is 0 Å². The Morgan fingerprint density at radius 1 is 1.13 bits per heavy atom. The molecule has 1 aromatic carbocycles. The molecule has 1 aromatic rings. The summed E-state index contributed by atoms with van der Waals surface area (Å²) in [5, 5.41) is 0. The first-order chi connectivity index (χ1) is 7.09. The van der Waals surface area contributed by atoms with Gasteiger partial charge in [0.25, 0.3) is 0 Å². The van der Waals surface area contributed by atoms with Crippen LogP contribution >= 0.6 is 11.8 Å². The Morgan fingerprint density at radius 2 is 1.73 bits per heavy atom. The summed E-state index contributed by atoms with van der Waals surface area (Å²) in [5.41, 5.74) is 0. The highest BCUT2D eigenvalue weighted by Crippen LogP contribution is 2.28. The van der Waals surface area contributed by atoms with Crippen molar-refractivity contribution in [3.8, 4) is 0 Å². The standard InChI is InChI=1S/C12H14O2S/c1-9(14-11(3)13)10(2)15-12-7-5-4-6-8-12/h4-8H,1-3H3/b10-9+. The summed E-state index contributed by atoms with van der Waals surface area (Å²) < 4.78 is 5.00. The fourth-order valence-electron chi connectivity index (χ4n) is 1.02. The topological polar surface area (TPSA) is 26.3 Å². The number of hydrogen-bond acceptors (Lipinski definition) is 3. The van der Waals surface area contributed by atoms with E-state index in [1.807, 2.05) is 37.3 Å². The van der Waals surface area contributed by atoms with E-state index in [1.165, 1.54) is 6.92 Å². The minimum absolute atomic E-state index is 0.277. The molecule has 15 heavy (non-hydrogen) atoms. The van der Waals surface area contributed by atoms with Crippen LogP contribution in [0, 0.1) is 0 Å². The lowest BCUT2D eigenvalue weighted by Gasteiger charge is -2.06.